The highest BCUT2D eigenvalue weighted by Gasteiger charge is 2.44. The number of para-hydroxylation sites is 1. The van der Waals surface area contributed by atoms with Crippen LogP contribution in [0.4, 0.5) is 0 Å². The van der Waals surface area contributed by atoms with Crippen molar-refractivity contribution in [1.82, 2.24) is 15.1 Å². The van der Waals surface area contributed by atoms with Gasteiger partial charge in [0, 0.05) is 31.3 Å². The number of ether oxygens (including phenoxy) is 1. The summed E-state index contributed by atoms with van der Waals surface area (Å²) in [6, 6.07) is 7.97. The summed E-state index contributed by atoms with van der Waals surface area (Å²) in [6.07, 6.45) is 7.32. The van der Waals surface area contributed by atoms with Gasteiger partial charge in [-0.3, -0.25) is 9.48 Å². The molecule has 126 valence electrons. The number of hydrogen-bond acceptors (Lipinski definition) is 3. The second kappa shape index (κ2) is 6.30. The third kappa shape index (κ3) is 3.45. The number of benzene rings is 1. The second-order valence-electron chi connectivity index (χ2n) is 6.98. The summed E-state index contributed by atoms with van der Waals surface area (Å²) in [5.74, 6) is 2.14. The molecule has 2 aliphatic carbocycles. The van der Waals surface area contributed by atoms with Crippen LogP contribution in [0.1, 0.15) is 36.3 Å². The maximum atomic E-state index is 12.4. The summed E-state index contributed by atoms with van der Waals surface area (Å²) < 4.78 is 7.69. The minimum atomic E-state index is 0.0775. The van der Waals surface area contributed by atoms with Gasteiger partial charge in [0.1, 0.15) is 5.75 Å². The molecule has 2 saturated carbocycles. The highest BCUT2D eigenvalue weighted by Crippen LogP contribution is 2.47. The molecule has 1 aromatic carbocycles. The molecule has 4 rings (SSSR count). The highest BCUT2D eigenvalue weighted by molar-refractivity contribution is 5.82. The van der Waals surface area contributed by atoms with Gasteiger partial charge in [0.25, 0.3) is 0 Å². The van der Waals surface area contributed by atoms with Crippen LogP contribution in [-0.2, 0) is 18.4 Å². The van der Waals surface area contributed by atoms with Gasteiger partial charge < -0.3 is 10.1 Å². The zero-order valence-electron chi connectivity index (χ0n) is 13.9. The Balaban J connectivity index is 1.31. The lowest BCUT2D eigenvalue weighted by molar-refractivity contribution is -0.122. The normalized spacial score (nSPS) is 22.2. The molecule has 0 aliphatic heterocycles. The van der Waals surface area contributed by atoms with Crippen LogP contribution in [0.15, 0.2) is 36.7 Å². The summed E-state index contributed by atoms with van der Waals surface area (Å²) in [6.45, 7) is 1.31. The number of carbonyl (C=O) groups is 1. The molecule has 2 atom stereocenters. The van der Waals surface area contributed by atoms with Crippen molar-refractivity contribution in [2.45, 2.75) is 31.7 Å². The predicted molar refractivity (Wildman–Crippen MR) is 90.6 cm³/mol. The van der Waals surface area contributed by atoms with Gasteiger partial charge in [-0.2, -0.15) is 5.10 Å². The zero-order chi connectivity index (χ0) is 16.5. The lowest BCUT2D eigenvalue weighted by Crippen LogP contribution is -2.25. The van der Waals surface area contributed by atoms with E-state index < -0.39 is 0 Å². The Hall–Kier alpha value is -2.30. The van der Waals surface area contributed by atoms with E-state index in [0.29, 0.717) is 12.5 Å². The molecule has 1 aromatic heterocycles. The molecule has 24 heavy (non-hydrogen) atoms. The summed E-state index contributed by atoms with van der Waals surface area (Å²) in [5.41, 5.74) is 2.20. The minimum absolute atomic E-state index is 0.0775. The fourth-order valence-corrected chi connectivity index (χ4v) is 3.08. The van der Waals surface area contributed by atoms with E-state index in [1.54, 1.807) is 4.68 Å². The maximum absolute atomic E-state index is 12.4. The Morgan fingerprint density at radius 3 is 2.96 bits per heavy atom. The molecule has 0 radical (unpaired) electrons. The maximum Gasteiger partial charge on any atom is 0.224 e. The largest absolute Gasteiger partial charge is 0.493 e. The number of amides is 1. The number of nitrogens with zero attached hydrogens (tertiary/aromatic N) is 2. The van der Waals surface area contributed by atoms with E-state index in [0.717, 1.165) is 35.8 Å². The second-order valence-corrected chi connectivity index (χ2v) is 6.98. The number of aryl methyl sites for hydroxylation is 1. The first kappa shape index (κ1) is 15.2. The Kier molecular flexibility index (Phi) is 4.00. The number of carbonyl (C=O) groups excluding carboxylic acids is 1. The van der Waals surface area contributed by atoms with Crippen molar-refractivity contribution >= 4 is 5.91 Å². The fraction of sp³-hybridized carbons (Fsp3) is 0.474. The Morgan fingerprint density at radius 1 is 1.38 bits per heavy atom. The quantitative estimate of drug-likeness (QED) is 0.851. The molecule has 5 nitrogen and oxygen atoms in total. The van der Waals surface area contributed by atoms with E-state index in [4.69, 9.17) is 4.74 Å². The number of hydrogen-bond donors (Lipinski definition) is 1. The van der Waals surface area contributed by atoms with Gasteiger partial charge in [-0.25, -0.2) is 0 Å². The van der Waals surface area contributed by atoms with E-state index in [2.05, 4.69) is 10.4 Å². The van der Waals surface area contributed by atoms with Gasteiger partial charge in [-0.05, 0) is 42.7 Å². The van der Waals surface area contributed by atoms with Crippen molar-refractivity contribution in [2.24, 2.45) is 18.9 Å². The van der Waals surface area contributed by atoms with Crippen LogP contribution in [0.25, 0.3) is 0 Å². The smallest absolute Gasteiger partial charge is 0.224 e. The van der Waals surface area contributed by atoms with E-state index in [-0.39, 0.29) is 11.8 Å². The summed E-state index contributed by atoms with van der Waals surface area (Å²) in [7, 11) is 1.90. The fourth-order valence-electron chi connectivity index (χ4n) is 3.08. The van der Waals surface area contributed by atoms with E-state index in [1.165, 1.54) is 12.8 Å². The first-order valence-electron chi connectivity index (χ1n) is 8.67. The van der Waals surface area contributed by atoms with Crippen LogP contribution >= 0.6 is 0 Å². The van der Waals surface area contributed by atoms with Gasteiger partial charge in [0.15, 0.2) is 0 Å². The zero-order valence-corrected chi connectivity index (χ0v) is 13.9. The Morgan fingerprint density at radius 2 is 2.21 bits per heavy atom. The first-order chi connectivity index (χ1) is 11.7. The van der Waals surface area contributed by atoms with E-state index in [9.17, 15) is 4.79 Å². The van der Waals surface area contributed by atoms with Crippen molar-refractivity contribution < 1.29 is 9.53 Å². The third-order valence-electron chi connectivity index (χ3n) is 4.88. The predicted octanol–water partition coefficient (Wildman–Crippen LogP) is 2.63. The van der Waals surface area contributed by atoms with Crippen LogP contribution in [0.3, 0.4) is 0 Å². The topological polar surface area (TPSA) is 56.2 Å². The SMILES string of the molecule is Cn1cc([C@H]2C[C@H]2C(=O)NCc2ccccc2OCC2CC2)cn1. The average molecular weight is 325 g/mol. The monoisotopic (exact) mass is 325 g/mol. The lowest BCUT2D eigenvalue weighted by Gasteiger charge is -2.12. The molecule has 0 saturated heterocycles. The van der Waals surface area contributed by atoms with Crippen LogP contribution < -0.4 is 10.1 Å². The van der Waals surface area contributed by atoms with Crippen molar-refractivity contribution in [3.05, 3.63) is 47.8 Å². The molecule has 1 amide bonds. The number of nitrogens with one attached hydrogen (secondary N) is 1. The molecule has 2 aliphatic rings. The molecular weight excluding hydrogens is 302 g/mol. The molecule has 2 fully saturated rings. The lowest BCUT2D eigenvalue weighted by atomic mass is 10.1. The molecule has 1 N–H and O–H groups in total. The van der Waals surface area contributed by atoms with Gasteiger partial charge in [-0.1, -0.05) is 18.2 Å². The number of rotatable bonds is 7. The van der Waals surface area contributed by atoms with Gasteiger partial charge in [0.2, 0.25) is 5.91 Å². The number of aromatic nitrogens is 2. The van der Waals surface area contributed by atoms with Crippen LogP contribution in [0.2, 0.25) is 0 Å². The van der Waals surface area contributed by atoms with E-state index >= 15 is 0 Å². The molecule has 2 aromatic rings. The van der Waals surface area contributed by atoms with Crippen molar-refractivity contribution in [3.63, 3.8) is 0 Å². The molecule has 5 heteroatoms. The van der Waals surface area contributed by atoms with E-state index in [1.807, 2.05) is 43.7 Å². The van der Waals surface area contributed by atoms with Gasteiger partial charge in [0.05, 0.1) is 12.8 Å². The summed E-state index contributed by atoms with van der Waals surface area (Å²) in [4.78, 5) is 12.4. The van der Waals surface area contributed by atoms with Crippen LogP contribution in [0.5, 0.6) is 5.75 Å². The highest BCUT2D eigenvalue weighted by atomic mass is 16.5. The Bertz CT molecular complexity index is 736. The van der Waals surface area contributed by atoms with Crippen molar-refractivity contribution in [1.29, 1.82) is 0 Å². The molecular formula is C19H23N3O2. The van der Waals surface area contributed by atoms with Gasteiger partial charge in [-0.15, -0.1) is 0 Å². The summed E-state index contributed by atoms with van der Waals surface area (Å²) >= 11 is 0. The average Bonchev–Trinajstić information content (AvgIpc) is 3.50. The minimum Gasteiger partial charge on any atom is -0.493 e. The molecule has 1 heterocycles. The standard InChI is InChI=1S/C19H23N3O2/c1-22-11-15(10-21-22)16-8-17(16)19(23)20-9-14-4-2-3-5-18(14)24-12-13-6-7-13/h2-5,10-11,13,16-17H,6-9,12H2,1H3,(H,20,23)/t16-,17-/m1/s1. The summed E-state index contributed by atoms with van der Waals surface area (Å²) in [5, 5.41) is 7.25. The van der Waals surface area contributed by atoms with Crippen molar-refractivity contribution in [3.8, 4) is 5.75 Å². The molecule has 0 bridgehead atoms. The molecule has 0 spiro atoms. The third-order valence-corrected chi connectivity index (χ3v) is 4.88. The van der Waals surface area contributed by atoms with Crippen LogP contribution in [0, 0.1) is 11.8 Å². The van der Waals surface area contributed by atoms with Crippen molar-refractivity contribution in [2.75, 3.05) is 6.61 Å². The Labute approximate surface area is 142 Å². The van der Waals surface area contributed by atoms with Gasteiger partial charge >= 0.3 is 0 Å². The first-order valence-corrected chi connectivity index (χ1v) is 8.67. The molecule has 0 unspecified atom stereocenters. The van der Waals surface area contributed by atoms with Crippen LogP contribution in [-0.4, -0.2) is 22.3 Å².